The Hall–Kier alpha value is -2.40. The van der Waals surface area contributed by atoms with E-state index in [4.69, 9.17) is 4.74 Å². The van der Waals surface area contributed by atoms with Gasteiger partial charge < -0.3 is 15.2 Å². The molecule has 4 aliphatic carbocycles. The number of aliphatic hydroxyl groups is 1. The first-order valence-corrected chi connectivity index (χ1v) is 10.6. The molecule has 0 spiro atoms. The van der Waals surface area contributed by atoms with E-state index in [2.05, 4.69) is 5.32 Å². The number of carbonyl (C=O) groups is 2. The van der Waals surface area contributed by atoms with Gasteiger partial charge in [0, 0.05) is 5.69 Å². The fourth-order valence-electron chi connectivity index (χ4n) is 6.58. The van der Waals surface area contributed by atoms with Gasteiger partial charge in [-0.25, -0.2) is 0 Å². The van der Waals surface area contributed by atoms with Crippen molar-refractivity contribution in [2.45, 2.75) is 50.5 Å². The van der Waals surface area contributed by atoms with Gasteiger partial charge in [0.2, 0.25) is 0 Å². The van der Waals surface area contributed by atoms with E-state index in [0.717, 1.165) is 36.5 Å². The molecule has 5 nitrogen and oxygen atoms in total. The summed E-state index contributed by atoms with van der Waals surface area (Å²) in [6.45, 7) is -0.279. The van der Waals surface area contributed by atoms with Gasteiger partial charge in [-0.15, -0.1) is 0 Å². The Morgan fingerprint density at radius 2 is 1.76 bits per heavy atom. The van der Waals surface area contributed by atoms with Gasteiger partial charge in [-0.2, -0.15) is 0 Å². The van der Waals surface area contributed by atoms with Crippen LogP contribution in [0, 0.1) is 17.3 Å². The van der Waals surface area contributed by atoms with Crippen LogP contribution in [0.4, 0.5) is 5.69 Å². The molecule has 2 aromatic rings. The number of ether oxygens (including phenoxy) is 1. The molecule has 4 atom stereocenters. The molecule has 2 N–H and O–H groups in total. The molecule has 0 heterocycles. The number of anilines is 1. The lowest BCUT2D eigenvalue weighted by molar-refractivity contribution is -0.177. The average Bonchev–Trinajstić information content (AvgIpc) is 2.64. The maximum atomic E-state index is 12.5. The van der Waals surface area contributed by atoms with Crippen LogP contribution in [-0.2, 0) is 14.3 Å². The van der Waals surface area contributed by atoms with Crippen LogP contribution in [0.5, 0.6) is 0 Å². The van der Waals surface area contributed by atoms with E-state index in [1.165, 1.54) is 6.42 Å². The zero-order valence-corrected chi connectivity index (χ0v) is 16.5. The molecule has 2 aromatic carbocycles. The summed E-state index contributed by atoms with van der Waals surface area (Å²) in [7, 11) is 0. The molecular formula is C24H27NO4. The molecule has 29 heavy (non-hydrogen) atoms. The van der Waals surface area contributed by atoms with Crippen molar-refractivity contribution >= 4 is 28.3 Å². The van der Waals surface area contributed by atoms with Gasteiger partial charge in [-0.1, -0.05) is 30.3 Å². The third-order valence-corrected chi connectivity index (χ3v) is 7.07. The van der Waals surface area contributed by atoms with Crippen LogP contribution >= 0.6 is 0 Å². The largest absolute Gasteiger partial charge is 0.456 e. The molecule has 0 saturated heterocycles. The van der Waals surface area contributed by atoms with Gasteiger partial charge in [-0.3, -0.25) is 9.59 Å². The zero-order chi connectivity index (χ0) is 20.1. The highest BCUT2D eigenvalue weighted by Gasteiger charge is 2.57. The van der Waals surface area contributed by atoms with Gasteiger partial charge in [0.15, 0.2) is 6.61 Å². The Morgan fingerprint density at radius 3 is 2.48 bits per heavy atom. The van der Waals surface area contributed by atoms with Crippen molar-refractivity contribution in [3.8, 4) is 0 Å². The third kappa shape index (κ3) is 3.76. The second kappa shape index (κ2) is 6.84. The lowest BCUT2D eigenvalue weighted by atomic mass is 9.47. The van der Waals surface area contributed by atoms with Crippen molar-refractivity contribution in [3.05, 3.63) is 42.5 Å². The molecule has 0 aromatic heterocycles. The average molecular weight is 393 g/mol. The first kappa shape index (κ1) is 18.6. The van der Waals surface area contributed by atoms with E-state index < -0.39 is 5.60 Å². The number of amides is 1. The molecular weight excluding hydrogens is 366 g/mol. The Morgan fingerprint density at radius 1 is 1.03 bits per heavy atom. The van der Waals surface area contributed by atoms with Crippen LogP contribution in [0.25, 0.3) is 10.8 Å². The highest BCUT2D eigenvalue weighted by Crippen LogP contribution is 2.62. The molecule has 4 saturated carbocycles. The number of fused-ring (bicyclic) bond motifs is 1. The maximum absolute atomic E-state index is 12.5. The van der Waals surface area contributed by atoms with Crippen molar-refractivity contribution in [3.63, 3.8) is 0 Å². The molecule has 1 amide bonds. The van der Waals surface area contributed by atoms with E-state index in [-0.39, 0.29) is 23.9 Å². The monoisotopic (exact) mass is 393 g/mol. The van der Waals surface area contributed by atoms with Crippen LogP contribution in [0.15, 0.2) is 42.5 Å². The molecule has 5 heteroatoms. The molecule has 152 valence electrons. The molecule has 0 radical (unpaired) electrons. The van der Waals surface area contributed by atoms with E-state index in [9.17, 15) is 14.7 Å². The topological polar surface area (TPSA) is 75.6 Å². The zero-order valence-electron chi connectivity index (χ0n) is 16.5. The fourth-order valence-corrected chi connectivity index (χ4v) is 6.58. The van der Waals surface area contributed by atoms with E-state index in [0.29, 0.717) is 30.4 Å². The first-order chi connectivity index (χ1) is 13.9. The van der Waals surface area contributed by atoms with E-state index in [1.54, 1.807) is 0 Å². The fraction of sp³-hybridized carbons (Fsp3) is 0.500. The summed E-state index contributed by atoms with van der Waals surface area (Å²) < 4.78 is 5.30. The van der Waals surface area contributed by atoms with Crippen molar-refractivity contribution in [1.82, 2.24) is 0 Å². The summed E-state index contributed by atoms with van der Waals surface area (Å²) in [5.41, 5.74) is -0.0317. The lowest BCUT2D eigenvalue weighted by Crippen LogP contribution is -2.56. The van der Waals surface area contributed by atoms with Crippen LogP contribution in [-0.4, -0.2) is 29.2 Å². The maximum Gasteiger partial charge on any atom is 0.306 e. The minimum atomic E-state index is -0.585. The van der Waals surface area contributed by atoms with Crippen molar-refractivity contribution in [1.29, 1.82) is 0 Å². The van der Waals surface area contributed by atoms with E-state index >= 15 is 0 Å². The number of rotatable bonds is 5. The molecule has 4 bridgehead atoms. The summed E-state index contributed by atoms with van der Waals surface area (Å²) >= 11 is 0. The van der Waals surface area contributed by atoms with Crippen molar-refractivity contribution in [2.24, 2.45) is 17.3 Å². The number of hydrogen-bond donors (Lipinski definition) is 2. The highest BCUT2D eigenvalue weighted by molar-refractivity contribution is 5.95. The molecule has 2 unspecified atom stereocenters. The Balaban J connectivity index is 1.16. The predicted octanol–water partition coefficient (Wildman–Crippen LogP) is 4.04. The minimum absolute atomic E-state index is 0.134. The Labute approximate surface area is 170 Å². The highest BCUT2D eigenvalue weighted by atomic mass is 16.5. The lowest BCUT2D eigenvalue weighted by Gasteiger charge is -2.60. The van der Waals surface area contributed by atoms with Crippen LogP contribution in [0.3, 0.4) is 0 Å². The minimum Gasteiger partial charge on any atom is -0.456 e. The first-order valence-electron chi connectivity index (χ1n) is 10.6. The van der Waals surface area contributed by atoms with Crippen LogP contribution in [0.1, 0.15) is 44.9 Å². The second-order valence-electron chi connectivity index (χ2n) is 9.63. The SMILES string of the molecule is O=C(COC(=O)CC12C[C@@H]3C[C@@H](CC(O)(C3)C1)C2)Nc1ccc2ccccc2c1. The van der Waals surface area contributed by atoms with Gasteiger partial charge in [0.1, 0.15) is 0 Å². The van der Waals surface area contributed by atoms with Crippen molar-refractivity contribution < 1.29 is 19.4 Å². The number of benzene rings is 2. The summed E-state index contributed by atoms with van der Waals surface area (Å²) in [5.74, 6) is 0.400. The predicted molar refractivity (Wildman–Crippen MR) is 110 cm³/mol. The summed E-state index contributed by atoms with van der Waals surface area (Å²) in [4.78, 5) is 24.7. The van der Waals surface area contributed by atoms with Crippen LogP contribution < -0.4 is 5.32 Å². The number of esters is 1. The Bertz CT molecular complexity index is 954. The standard InChI is InChI=1S/C24H27NO4/c26-21(25-20-6-5-18-3-1-2-4-19(18)8-20)14-29-22(27)13-23-9-16-7-17(10-23)12-24(28,11-16)15-23/h1-6,8,16-17,28H,7,9-15H2,(H,25,26)/t16-,17+,23?,24?. The van der Waals surface area contributed by atoms with E-state index in [1.807, 2.05) is 42.5 Å². The molecule has 6 rings (SSSR count). The second-order valence-corrected chi connectivity index (χ2v) is 9.63. The van der Waals surface area contributed by atoms with Crippen molar-refractivity contribution in [2.75, 3.05) is 11.9 Å². The summed E-state index contributed by atoms with van der Waals surface area (Å²) in [5, 5.41) is 15.8. The van der Waals surface area contributed by atoms with Gasteiger partial charge in [0.05, 0.1) is 12.0 Å². The number of nitrogens with one attached hydrogen (secondary N) is 1. The van der Waals surface area contributed by atoms with Gasteiger partial charge >= 0.3 is 5.97 Å². The molecule has 0 aliphatic heterocycles. The third-order valence-electron chi connectivity index (χ3n) is 7.07. The Kier molecular flexibility index (Phi) is 4.39. The normalized spacial score (nSPS) is 32.3. The van der Waals surface area contributed by atoms with Gasteiger partial charge in [-0.05, 0) is 78.7 Å². The smallest absolute Gasteiger partial charge is 0.306 e. The molecule has 4 aliphatic rings. The quantitative estimate of drug-likeness (QED) is 0.752. The number of carbonyl (C=O) groups excluding carboxylic acids is 2. The van der Waals surface area contributed by atoms with Crippen LogP contribution in [0.2, 0.25) is 0 Å². The number of hydrogen-bond acceptors (Lipinski definition) is 4. The van der Waals surface area contributed by atoms with Gasteiger partial charge in [0.25, 0.3) is 5.91 Å². The summed E-state index contributed by atoms with van der Waals surface area (Å²) in [6.07, 6.45) is 5.97. The molecule has 4 fully saturated rings. The summed E-state index contributed by atoms with van der Waals surface area (Å²) in [6, 6.07) is 13.6.